The lowest BCUT2D eigenvalue weighted by Crippen LogP contribution is -2.11. The highest BCUT2D eigenvalue weighted by Gasteiger charge is 2.15. The number of fused-ring (bicyclic) bond motifs is 2. The Morgan fingerprint density at radius 1 is 1.00 bits per heavy atom. The first-order chi connectivity index (χ1) is 11.1. The average molecular weight is 304 g/mol. The van der Waals surface area contributed by atoms with Crippen LogP contribution < -0.4 is 0 Å². The van der Waals surface area contributed by atoms with Crippen LogP contribution in [0.1, 0.15) is 31.9 Å². The Labute approximate surface area is 136 Å². The van der Waals surface area contributed by atoms with Gasteiger partial charge in [-0.05, 0) is 58.7 Å². The van der Waals surface area contributed by atoms with E-state index in [2.05, 4.69) is 43.0 Å². The van der Waals surface area contributed by atoms with Crippen molar-refractivity contribution in [3.05, 3.63) is 72.3 Å². The third kappa shape index (κ3) is 3.11. The molecule has 2 nitrogen and oxygen atoms in total. The molecule has 0 saturated heterocycles. The minimum absolute atomic E-state index is 0.241. The van der Waals surface area contributed by atoms with Gasteiger partial charge in [0.05, 0.1) is 0 Å². The number of carbonyl (C=O) groups excluding carboxylic acids is 1. The van der Waals surface area contributed by atoms with E-state index in [1.165, 1.54) is 16.2 Å². The van der Waals surface area contributed by atoms with E-state index in [4.69, 9.17) is 4.74 Å². The van der Waals surface area contributed by atoms with Crippen molar-refractivity contribution in [1.29, 1.82) is 0 Å². The molecule has 0 fully saturated rings. The molecule has 0 saturated carbocycles. The Balaban J connectivity index is 2.02. The van der Waals surface area contributed by atoms with Crippen molar-refractivity contribution >= 4 is 27.5 Å². The monoisotopic (exact) mass is 304 g/mol. The van der Waals surface area contributed by atoms with E-state index >= 15 is 0 Å². The van der Waals surface area contributed by atoms with E-state index in [-0.39, 0.29) is 12.1 Å². The molecule has 0 amide bonds. The molecule has 1 unspecified atom stereocenters. The Morgan fingerprint density at radius 2 is 1.61 bits per heavy atom. The van der Waals surface area contributed by atoms with Gasteiger partial charge in [-0.2, -0.15) is 0 Å². The standard InChI is InChI=1S/C21H20O2/c1-4-20(23-21(22)14(2)3)18-10-9-17-11-15-7-5-6-8-16(15)12-19(17)13-18/h5-13,20H,2,4H2,1,3H3. The van der Waals surface area contributed by atoms with E-state index in [0.29, 0.717) is 5.57 Å². The summed E-state index contributed by atoms with van der Waals surface area (Å²) in [6.07, 6.45) is 0.494. The topological polar surface area (TPSA) is 26.3 Å². The summed E-state index contributed by atoms with van der Waals surface area (Å²) in [7, 11) is 0. The predicted molar refractivity (Wildman–Crippen MR) is 95.4 cm³/mol. The van der Waals surface area contributed by atoms with Gasteiger partial charge >= 0.3 is 5.97 Å². The fraction of sp³-hybridized carbons (Fsp3) is 0.190. The van der Waals surface area contributed by atoms with Gasteiger partial charge in [0.15, 0.2) is 0 Å². The molecular weight excluding hydrogens is 284 g/mol. The molecule has 2 heteroatoms. The molecule has 0 heterocycles. The summed E-state index contributed by atoms with van der Waals surface area (Å²) in [6, 6.07) is 18.9. The molecule has 0 aliphatic heterocycles. The zero-order valence-electron chi connectivity index (χ0n) is 13.5. The van der Waals surface area contributed by atoms with Crippen LogP contribution in [0.3, 0.4) is 0 Å². The molecule has 1 atom stereocenters. The zero-order chi connectivity index (χ0) is 16.4. The fourth-order valence-corrected chi connectivity index (χ4v) is 2.78. The maximum Gasteiger partial charge on any atom is 0.333 e. The third-order valence-corrected chi connectivity index (χ3v) is 4.07. The Bertz CT molecular complexity index is 893. The van der Waals surface area contributed by atoms with Crippen molar-refractivity contribution in [1.82, 2.24) is 0 Å². The lowest BCUT2D eigenvalue weighted by Gasteiger charge is -2.17. The number of ether oxygens (including phenoxy) is 1. The Kier molecular flexibility index (Phi) is 4.16. The molecule has 0 aliphatic carbocycles. The second-order valence-corrected chi connectivity index (χ2v) is 5.89. The zero-order valence-corrected chi connectivity index (χ0v) is 13.5. The van der Waals surface area contributed by atoms with Gasteiger partial charge in [0.2, 0.25) is 0 Å². The van der Waals surface area contributed by atoms with Crippen LogP contribution in [0.15, 0.2) is 66.7 Å². The van der Waals surface area contributed by atoms with Gasteiger partial charge in [0.1, 0.15) is 6.10 Å². The van der Waals surface area contributed by atoms with Crippen molar-refractivity contribution in [3.63, 3.8) is 0 Å². The van der Waals surface area contributed by atoms with Crippen LogP contribution in [-0.4, -0.2) is 5.97 Å². The summed E-state index contributed by atoms with van der Waals surface area (Å²) in [4.78, 5) is 11.8. The van der Waals surface area contributed by atoms with Crippen LogP contribution >= 0.6 is 0 Å². The lowest BCUT2D eigenvalue weighted by atomic mass is 9.99. The molecule has 3 aromatic rings. The maximum absolute atomic E-state index is 11.8. The molecule has 3 rings (SSSR count). The van der Waals surface area contributed by atoms with Gasteiger partial charge < -0.3 is 4.74 Å². The normalized spacial score (nSPS) is 12.3. The minimum Gasteiger partial charge on any atom is -0.454 e. The molecule has 0 bridgehead atoms. The quantitative estimate of drug-likeness (QED) is 0.358. The van der Waals surface area contributed by atoms with E-state index in [1.54, 1.807) is 6.92 Å². The SMILES string of the molecule is C=C(C)C(=O)OC(CC)c1ccc2cc3ccccc3cc2c1. The van der Waals surface area contributed by atoms with Gasteiger partial charge in [0.25, 0.3) is 0 Å². The van der Waals surface area contributed by atoms with Gasteiger partial charge in [-0.3, -0.25) is 0 Å². The number of hydrogen-bond donors (Lipinski definition) is 0. The van der Waals surface area contributed by atoms with Crippen LogP contribution in [0.25, 0.3) is 21.5 Å². The van der Waals surface area contributed by atoms with Gasteiger partial charge in [-0.25, -0.2) is 4.79 Å². The van der Waals surface area contributed by atoms with Gasteiger partial charge in [0, 0.05) is 5.57 Å². The van der Waals surface area contributed by atoms with Crippen LogP contribution in [0.4, 0.5) is 0 Å². The van der Waals surface area contributed by atoms with Crippen molar-refractivity contribution in [2.45, 2.75) is 26.4 Å². The van der Waals surface area contributed by atoms with Gasteiger partial charge in [-0.1, -0.05) is 49.9 Å². The Hall–Kier alpha value is -2.61. The number of esters is 1. The highest BCUT2D eigenvalue weighted by molar-refractivity contribution is 5.98. The first-order valence-corrected chi connectivity index (χ1v) is 7.87. The summed E-state index contributed by atoms with van der Waals surface area (Å²) in [5.41, 5.74) is 1.44. The molecular formula is C21H20O2. The van der Waals surface area contributed by atoms with Crippen LogP contribution in [0, 0.1) is 0 Å². The van der Waals surface area contributed by atoms with Crippen LogP contribution in [0.2, 0.25) is 0 Å². The smallest absolute Gasteiger partial charge is 0.333 e. The molecule has 0 radical (unpaired) electrons. The molecule has 0 N–H and O–H groups in total. The number of hydrogen-bond acceptors (Lipinski definition) is 2. The van der Waals surface area contributed by atoms with E-state index < -0.39 is 0 Å². The number of carbonyl (C=O) groups is 1. The van der Waals surface area contributed by atoms with E-state index in [9.17, 15) is 4.79 Å². The average Bonchev–Trinajstić information content (AvgIpc) is 2.57. The highest BCUT2D eigenvalue weighted by atomic mass is 16.5. The molecule has 23 heavy (non-hydrogen) atoms. The maximum atomic E-state index is 11.8. The van der Waals surface area contributed by atoms with Crippen LogP contribution in [-0.2, 0) is 9.53 Å². The summed E-state index contributed by atoms with van der Waals surface area (Å²) in [5, 5.41) is 4.79. The highest BCUT2D eigenvalue weighted by Crippen LogP contribution is 2.28. The van der Waals surface area contributed by atoms with Crippen molar-refractivity contribution in [2.75, 3.05) is 0 Å². The van der Waals surface area contributed by atoms with Crippen molar-refractivity contribution in [3.8, 4) is 0 Å². The van der Waals surface area contributed by atoms with E-state index in [0.717, 1.165) is 17.4 Å². The fourth-order valence-electron chi connectivity index (χ4n) is 2.78. The number of benzene rings is 3. The summed E-state index contributed by atoms with van der Waals surface area (Å²) in [6.45, 7) is 7.33. The predicted octanol–water partition coefficient (Wildman–Crippen LogP) is 5.56. The first kappa shape index (κ1) is 15.3. The molecule has 0 aromatic heterocycles. The van der Waals surface area contributed by atoms with Crippen molar-refractivity contribution in [2.24, 2.45) is 0 Å². The van der Waals surface area contributed by atoms with E-state index in [1.807, 2.05) is 25.1 Å². The summed E-state index contributed by atoms with van der Waals surface area (Å²) >= 11 is 0. The number of rotatable bonds is 4. The third-order valence-electron chi connectivity index (χ3n) is 4.07. The summed E-state index contributed by atoms with van der Waals surface area (Å²) in [5.74, 6) is -0.338. The minimum atomic E-state index is -0.338. The molecule has 0 spiro atoms. The Morgan fingerprint density at radius 3 is 2.22 bits per heavy atom. The molecule has 3 aromatic carbocycles. The largest absolute Gasteiger partial charge is 0.454 e. The second-order valence-electron chi connectivity index (χ2n) is 5.89. The molecule has 0 aliphatic rings. The van der Waals surface area contributed by atoms with Gasteiger partial charge in [-0.15, -0.1) is 0 Å². The first-order valence-electron chi connectivity index (χ1n) is 7.87. The van der Waals surface area contributed by atoms with Crippen LogP contribution in [0.5, 0.6) is 0 Å². The lowest BCUT2D eigenvalue weighted by molar-refractivity contribution is -0.144. The molecule has 116 valence electrons. The second kappa shape index (κ2) is 6.25. The van der Waals surface area contributed by atoms with Crippen molar-refractivity contribution < 1.29 is 9.53 Å². The summed E-state index contributed by atoms with van der Waals surface area (Å²) < 4.78 is 5.55.